The minimum Gasteiger partial charge on any atom is -0.381 e. The van der Waals surface area contributed by atoms with E-state index in [4.69, 9.17) is 4.74 Å². The molecule has 1 N–H and O–H groups in total. The lowest BCUT2D eigenvalue weighted by atomic mass is 9.94. The van der Waals surface area contributed by atoms with Crippen molar-refractivity contribution >= 4 is 0 Å². The maximum atomic E-state index is 5.40. The molecule has 106 valence electrons. The summed E-state index contributed by atoms with van der Waals surface area (Å²) in [5, 5.41) is 3.66. The number of ether oxygens (including phenoxy) is 1. The van der Waals surface area contributed by atoms with E-state index in [-0.39, 0.29) is 0 Å². The first-order chi connectivity index (χ1) is 8.84. The Morgan fingerprint density at radius 3 is 2.56 bits per heavy atom. The zero-order valence-electron chi connectivity index (χ0n) is 12.1. The normalized spacial score (nSPS) is 29.8. The lowest BCUT2D eigenvalue weighted by Gasteiger charge is -2.21. The highest BCUT2D eigenvalue weighted by Gasteiger charge is 2.20. The van der Waals surface area contributed by atoms with Gasteiger partial charge in [0.2, 0.25) is 0 Å². The summed E-state index contributed by atoms with van der Waals surface area (Å²) in [5.74, 6) is 2.90. The Bertz CT molecular complexity index is 204. The summed E-state index contributed by atoms with van der Waals surface area (Å²) in [4.78, 5) is 0. The summed E-state index contributed by atoms with van der Waals surface area (Å²) in [6.07, 6.45) is 11.1. The van der Waals surface area contributed by atoms with Crippen molar-refractivity contribution in [3.63, 3.8) is 0 Å². The highest BCUT2D eigenvalue weighted by atomic mass is 16.5. The van der Waals surface area contributed by atoms with Crippen LogP contribution < -0.4 is 5.32 Å². The van der Waals surface area contributed by atoms with Crippen LogP contribution in [0.2, 0.25) is 0 Å². The second-order valence-electron chi connectivity index (χ2n) is 6.54. The van der Waals surface area contributed by atoms with Crippen molar-refractivity contribution in [1.29, 1.82) is 0 Å². The van der Waals surface area contributed by atoms with E-state index in [1.165, 1.54) is 64.5 Å². The Labute approximate surface area is 113 Å². The number of rotatable bonds is 7. The number of nitrogens with one attached hydrogen (secondary N) is 1. The van der Waals surface area contributed by atoms with Crippen LogP contribution >= 0.6 is 0 Å². The fourth-order valence-electron chi connectivity index (χ4n) is 3.53. The number of hydrogen-bond acceptors (Lipinski definition) is 2. The van der Waals surface area contributed by atoms with Crippen LogP contribution in [-0.2, 0) is 4.74 Å². The van der Waals surface area contributed by atoms with Gasteiger partial charge in [-0.25, -0.2) is 0 Å². The molecule has 2 fully saturated rings. The average molecular weight is 253 g/mol. The smallest absolute Gasteiger partial charge is 0.0468 e. The lowest BCUT2D eigenvalue weighted by molar-refractivity contribution is 0.0631. The van der Waals surface area contributed by atoms with Crippen LogP contribution in [0.5, 0.6) is 0 Å². The summed E-state index contributed by atoms with van der Waals surface area (Å²) >= 11 is 0. The first-order valence-electron chi connectivity index (χ1n) is 8.13. The third-order valence-corrected chi connectivity index (χ3v) is 4.79. The SMILES string of the molecule is CC1CCC(CNCCCCC2CCOCC2)C1. The van der Waals surface area contributed by atoms with Crippen molar-refractivity contribution in [3.8, 4) is 0 Å². The summed E-state index contributed by atoms with van der Waals surface area (Å²) in [7, 11) is 0. The Kier molecular flexibility index (Phi) is 6.50. The molecular weight excluding hydrogens is 222 g/mol. The molecule has 2 nitrogen and oxygen atoms in total. The van der Waals surface area contributed by atoms with Crippen molar-refractivity contribution in [2.75, 3.05) is 26.3 Å². The Morgan fingerprint density at radius 1 is 1.00 bits per heavy atom. The second-order valence-corrected chi connectivity index (χ2v) is 6.54. The molecule has 2 heteroatoms. The van der Waals surface area contributed by atoms with Crippen LogP contribution in [0.15, 0.2) is 0 Å². The minimum atomic E-state index is 0.953. The molecule has 1 aliphatic carbocycles. The zero-order chi connectivity index (χ0) is 12.6. The minimum absolute atomic E-state index is 0.953. The van der Waals surface area contributed by atoms with Gasteiger partial charge in [-0.05, 0) is 62.9 Å². The van der Waals surface area contributed by atoms with Crippen LogP contribution in [0.3, 0.4) is 0 Å². The van der Waals surface area contributed by atoms with Gasteiger partial charge in [0.15, 0.2) is 0 Å². The molecule has 18 heavy (non-hydrogen) atoms. The van der Waals surface area contributed by atoms with Gasteiger partial charge in [0.1, 0.15) is 0 Å². The van der Waals surface area contributed by atoms with E-state index < -0.39 is 0 Å². The molecule has 2 aliphatic rings. The quantitative estimate of drug-likeness (QED) is 0.700. The molecule has 2 rings (SSSR count). The summed E-state index contributed by atoms with van der Waals surface area (Å²) in [6.45, 7) is 6.90. The molecule has 2 unspecified atom stereocenters. The van der Waals surface area contributed by atoms with Crippen LogP contribution in [0, 0.1) is 17.8 Å². The fraction of sp³-hybridized carbons (Fsp3) is 1.00. The highest BCUT2D eigenvalue weighted by Crippen LogP contribution is 2.29. The van der Waals surface area contributed by atoms with Crippen LogP contribution in [0.1, 0.15) is 58.3 Å². The second kappa shape index (κ2) is 8.16. The Hall–Kier alpha value is -0.0800. The van der Waals surface area contributed by atoms with Gasteiger partial charge in [0.05, 0.1) is 0 Å². The number of hydrogen-bond donors (Lipinski definition) is 1. The maximum absolute atomic E-state index is 5.40. The lowest BCUT2D eigenvalue weighted by Crippen LogP contribution is -2.22. The van der Waals surface area contributed by atoms with E-state index in [2.05, 4.69) is 12.2 Å². The van der Waals surface area contributed by atoms with E-state index in [1.54, 1.807) is 0 Å². The van der Waals surface area contributed by atoms with E-state index in [0.29, 0.717) is 0 Å². The maximum Gasteiger partial charge on any atom is 0.0468 e. The molecule has 0 aromatic rings. The van der Waals surface area contributed by atoms with Gasteiger partial charge in [-0.1, -0.05) is 26.2 Å². The van der Waals surface area contributed by atoms with Gasteiger partial charge in [0, 0.05) is 13.2 Å². The van der Waals surface area contributed by atoms with Gasteiger partial charge in [0.25, 0.3) is 0 Å². The zero-order valence-corrected chi connectivity index (χ0v) is 12.1. The summed E-state index contributed by atoms with van der Waals surface area (Å²) < 4.78 is 5.40. The van der Waals surface area contributed by atoms with E-state index >= 15 is 0 Å². The Morgan fingerprint density at radius 2 is 1.83 bits per heavy atom. The molecule has 0 spiro atoms. The van der Waals surface area contributed by atoms with E-state index in [1.807, 2.05) is 0 Å². The first-order valence-corrected chi connectivity index (χ1v) is 8.13. The van der Waals surface area contributed by atoms with Crippen LogP contribution in [-0.4, -0.2) is 26.3 Å². The topological polar surface area (TPSA) is 21.3 Å². The van der Waals surface area contributed by atoms with Crippen LogP contribution in [0.25, 0.3) is 0 Å². The van der Waals surface area contributed by atoms with E-state index in [9.17, 15) is 0 Å². The summed E-state index contributed by atoms with van der Waals surface area (Å²) in [6, 6.07) is 0. The molecule has 0 amide bonds. The van der Waals surface area contributed by atoms with Crippen molar-refractivity contribution in [3.05, 3.63) is 0 Å². The largest absolute Gasteiger partial charge is 0.381 e. The van der Waals surface area contributed by atoms with Gasteiger partial charge in [-0.2, -0.15) is 0 Å². The van der Waals surface area contributed by atoms with Crippen molar-refractivity contribution in [2.45, 2.75) is 58.3 Å². The van der Waals surface area contributed by atoms with Gasteiger partial charge >= 0.3 is 0 Å². The summed E-state index contributed by atoms with van der Waals surface area (Å²) in [5.41, 5.74) is 0. The van der Waals surface area contributed by atoms with Gasteiger partial charge < -0.3 is 10.1 Å². The molecule has 0 aromatic heterocycles. The van der Waals surface area contributed by atoms with Gasteiger partial charge in [-0.15, -0.1) is 0 Å². The third kappa shape index (κ3) is 5.27. The molecular formula is C16H31NO. The highest BCUT2D eigenvalue weighted by molar-refractivity contribution is 4.74. The standard InChI is InChI=1S/C16H31NO/c1-14-5-6-16(12-14)13-17-9-3-2-4-15-7-10-18-11-8-15/h14-17H,2-13H2,1H3. The monoisotopic (exact) mass is 253 g/mol. The fourth-order valence-corrected chi connectivity index (χ4v) is 3.53. The number of unbranched alkanes of at least 4 members (excludes halogenated alkanes) is 1. The van der Waals surface area contributed by atoms with E-state index in [0.717, 1.165) is 31.0 Å². The molecule has 0 bridgehead atoms. The third-order valence-electron chi connectivity index (χ3n) is 4.79. The average Bonchev–Trinajstić information content (AvgIpc) is 2.81. The predicted molar refractivity (Wildman–Crippen MR) is 76.8 cm³/mol. The van der Waals surface area contributed by atoms with Crippen molar-refractivity contribution < 1.29 is 4.74 Å². The molecule has 2 atom stereocenters. The predicted octanol–water partition coefficient (Wildman–Crippen LogP) is 3.61. The molecule has 1 saturated carbocycles. The molecule has 1 saturated heterocycles. The van der Waals surface area contributed by atoms with Crippen molar-refractivity contribution in [1.82, 2.24) is 5.32 Å². The van der Waals surface area contributed by atoms with Crippen molar-refractivity contribution in [2.24, 2.45) is 17.8 Å². The molecule has 0 radical (unpaired) electrons. The first kappa shape index (κ1) is 14.3. The molecule has 1 aliphatic heterocycles. The van der Waals surface area contributed by atoms with Crippen LogP contribution in [0.4, 0.5) is 0 Å². The van der Waals surface area contributed by atoms with Gasteiger partial charge in [-0.3, -0.25) is 0 Å². The Balaban J connectivity index is 1.39. The molecule has 0 aromatic carbocycles. The molecule has 1 heterocycles.